The Labute approximate surface area is 175 Å². The minimum atomic E-state index is -0.294. The minimum Gasteiger partial charge on any atom is -0.497 e. The summed E-state index contributed by atoms with van der Waals surface area (Å²) in [6, 6.07) is 12.1. The smallest absolute Gasteiger partial charge is 0.238 e. The third-order valence-electron chi connectivity index (χ3n) is 4.26. The van der Waals surface area contributed by atoms with Crippen molar-refractivity contribution in [3.05, 3.63) is 53.1 Å². The van der Waals surface area contributed by atoms with Crippen molar-refractivity contribution in [2.75, 3.05) is 39.7 Å². The highest BCUT2D eigenvalue weighted by molar-refractivity contribution is 6.33. The molecule has 8 heteroatoms. The summed E-state index contributed by atoms with van der Waals surface area (Å²) in [7, 11) is 4.85. The number of methoxy groups -OCH3 is 2. The van der Waals surface area contributed by atoms with Crippen LogP contribution in [0.2, 0.25) is 5.02 Å². The summed E-state index contributed by atoms with van der Waals surface area (Å²) >= 11 is 6.04. The van der Waals surface area contributed by atoms with Crippen LogP contribution in [0.15, 0.2) is 42.5 Å². The van der Waals surface area contributed by atoms with Gasteiger partial charge in [-0.05, 0) is 44.3 Å². The monoisotopic (exact) mass is 419 g/mol. The summed E-state index contributed by atoms with van der Waals surface area (Å²) in [5.41, 5.74) is 1.34. The first-order valence-corrected chi connectivity index (χ1v) is 9.46. The van der Waals surface area contributed by atoms with Crippen molar-refractivity contribution in [2.24, 2.45) is 0 Å². The van der Waals surface area contributed by atoms with Crippen LogP contribution in [-0.4, -0.2) is 51.1 Å². The van der Waals surface area contributed by atoms with Crippen molar-refractivity contribution in [2.45, 2.75) is 13.0 Å². The Balaban J connectivity index is 1.89. The molecule has 0 aliphatic carbocycles. The number of hydrogen-bond donors (Lipinski definition) is 2. The Morgan fingerprint density at radius 1 is 1.07 bits per heavy atom. The lowest BCUT2D eigenvalue weighted by Crippen LogP contribution is -2.39. The number of anilines is 1. The Kier molecular flexibility index (Phi) is 8.30. The SMILES string of the molecule is COc1ccc(OC)c([C@@H](C)NC(=O)CN(C)CC(=O)Nc2ccccc2Cl)c1. The molecule has 2 amide bonds. The minimum absolute atomic E-state index is 0.0511. The van der Waals surface area contributed by atoms with Crippen LogP contribution in [0.25, 0.3) is 0 Å². The van der Waals surface area contributed by atoms with Gasteiger partial charge in [0.15, 0.2) is 0 Å². The lowest BCUT2D eigenvalue weighted by Gasteiger charge is -2.21. The predicted molar refractivity (Wildman–Crippen MR) is 114 cm³/mol. The fraction of sp³-hybridized carbons (Fsp3) is 0.333. The molecule has 2 aromatic rings. The van der Waals surface area contributed by atoms with Gasteiger partial charge in [0.25, 0.3) is 0 Å². The molecule has 0 aliphatic rings. The first-order chi connectivity index (χ1) is 13.8. The van der Waals surface area contributed by atoms with Gasteiger partial charge in [0.2, 0.25) is 11.8 Å². The number of benzene rings is 2. The largest absolute Gasteiger partial charge is 0.497 e. The van der Waals surface area contributed by atoms with Gasteiger partial charge in [0.1, 0.15) is 11.5 Å². The van der Waals surface area contributed by atoms with E-state index in [1.165, 1.54) is 0 Å². The molecule has 1 atom stereocenters. The molecule has 2 rings (SSSR count). The Hall–Kier alpha value is -2.77. The summed E-state index contributed by atoms with van der Waals surface area (Å²) in [6.07, 6.45) is 0. The van der Waals surface area contributed by atoms with Gasteiger partial charge >= 0.3 is 0 Å². The van der Waals surface area contributed by atoms with E-state index in [0.29, 0.717) is 22.2 Å². The van der Waals surface area contributed by atoms with Gasteiger partial charge in [0.05, 0.1) is 44.1 Å². The van der Waals surface area contributed by atoms with Crippen LogP contribution in [0.4, 0.5) is 5.69 Å². The van der Waals surface area contributed by atoms with E-state index in [2.05, 4.69) is 10.6 Å². The van der Waals surface area contributed by atoms with E-state index in [-0.39, 0.29) is 30.9 Å². The normalized spacial score (nSPS) is 11.7. The number of halogens is 1. The number of likely N-dealkylation sites (N-methyl/N-ethyl adjacent to an activating group) is 1. The van der Waals surface area contributed by atoms with Crippen molar-refractivity contribution in [1.82, 2.24) is 10.2 Å². The van der Waals surface area contributed by atoms with Crippen molar-refractivity contribution in [1.29, 1.82) is 0 Å². The molecule has 0 spiro atoms. The zero-order chi connectivity index (χ0) is 21.4. The molecule has 0 aliphatic heterocycles. The van der Waals surface area contributed by atoms with E-state index in [1.54, 1.807) is 62.6 Å². The van der Waals surface area contributed by atoms with Gasteiger partial charge in [-0.3, -0.25) is 14.5 Å². The molecule has 7 nitrogen and oxygen atoms in total. The van der Waals surface area contributed by atoms with Gasteiger partial charge in [-0.1, -0.05) is 23.7 Å². The van der Waals surface area contributed by atoms with Crippen LogP contribution in [0.3, 0.4) is 0 Å². The number of nitrogens with one attached hydrogen (secondary N) is 2. The second kappa shape index (κ2) is 10.7. The molecule has 156 valence electrons. The van der Waals surface area contributed by atoms with E-state index in [1.807, 2.05) is 13.0 Å². The van der Waals surface area contributed by atoms with E-state index < -0.39 is 0 Å². The van der Waals surface area contributed by atoms with Crippen LogP contribution >= 0.6 is 11.6 Å². The highest BCUT2D eigenvalue weighted by Gasteiger charge is 2.17. The Bertz CT molecular complexity index is 860. The molecule has 0 fully saturated rings. The number of carbonyl (C=O) groups excluding carboxylic acids is 2. The van der Waals surface area contributed by atoms with Crippen LogP contribution in [0.1, 0.15) is 18.5 Å². The van der Waals surface area contributed by atoms with Crippen molar-refractivity contribution in [3.63, 3.8) is 0 Å². The summed E-state index contributed by atoms with van der Waals surface area (Å²) in [5.74, 6) is 0.868. The number of hydrogen-bond acceptors (Lipinski definition) is 5. The zero-order valence-corrected chi connectivity index (χ0v) is 17.7. The molecule has 0 radical (unpaired) electrons. The first kappa shape index (κ1) is 22.5. The number of nitrogens with zero attached hydrogens (tertiary/aromatic N) is 1. The molecule has 2 N–H and O–H groups in total. The highest BCUT2D eigenvalue weighted by Crippen LogP contribution is 2.29. The van der Waals surface area contributed by atoms with Crippen molar-refractivity contribution in [3.8, 4) is 11.5 Å². The molecule has 0 aromatic heterocycles. The predicted octanol–water partition coefficient (Wildman–Crippen LogP) is 3.10. The number of amides is 2. The van der Waals surface area contributed by atoms with Gasteiger partial charge in [-0.15, -0.1) is 0 Å². The lowest BCUT2D eigenvalue weighted by molar-refractivity contribution is -0.123. The molecule has 2 aromatic carbocycles. The molecule has 0 unspecified atom stereocenters. The van der Waals surface area contributed by atoms with E-state index in [0.717, 1.165) is 5.56 Å². The summed E-state index contributed by atoms with van der Waals surface area (Å²) in [5, 5.41) is 6.11. The van der Waals surface area contributed by atoms with Crippen LogP contribution in [0.5, 0.6) is 11.5 Å². The molecular weight excluding hydrogens is 394 g/mol. The average molecular weight is 420 g/mol. The topological polar surface area (TPSA) is 79.9 Å². The first-order valence-electron chi connectivity index (χ1n) is 9.08. The third kappa shape index (κ3) is 6.66. The number of carbonyl (C=O) groups is 2. The number of rotatable bonds is 9. The second-order valence-electron chi connectivity index (χ2n) is 6.60. The Morgan fingerprint density at radius 2 is 1.76 bits per heavy atom. The van der Waals surface area contributed by atoms with Crippen LogP contribution in [0, 0.1) is 0 Å². The van der Waals surface area contributed by atoms with Gasteiger partial charge in [-0.2, -0.15) is 0 Å². The highest BCUT2D eigenvalue weighted by atomic mass is 35.5. The van der Waals surface area contributed by atoms with Crippen molar-refractivity contribution >= 4 is 29.1 Å². The molecule has 0 saturated carbocycles. The second-order valence-corrected chi connectivity index (χ2v) is 7.00. The molecule has 29 heavy (non-hydrogen) atoms. The van der Waals surface area contributed by atoms with E-state index in [9.17, 15) is 9.59 Å². The molecular formula is C21H26ClN3O4. The lowest BCUT2D eigenvalue weighted by atomic mass is 10.1. The van der Waals surface area contributed by atoms with E-state index >= 15 is 0 Å². The summed E-state index contributed by atoms with van der Waals surface area (Å²) in [4.78, 5) is 26.2. The molecule has 0 heterocycles. The Morgan fingerprint density at radius 3 is 2.41 bits per heavy atom. The fourth-order valence-electron chi connectivity index (χ4n) is 2.84. The van der Waals surface area contributed by atoms with Gasteiger partial charge < -0.3 is 20.1 Å². The van der Waals surface area contributed by atoms with Crippen LogP contribution < -0.4 is 20.1 Å². The zero-order valence-electron chi connectivity index (χ0n) is 17.0. The molecule has 0 saturated heterocycles. The van der Waals surface area contributed by atoms with Crippen LogP contribution in [-0.2, 0) is 9.59 Å². The third-order valence-corrected chi connectivity index (χ3v) is 4.59. The van der Waals surface area contributed by atoms with Gasteiger partial charge in [-0.25, -0.2) is 0 Å². The maximum Gasteiger partial charge on any atom is 0.238 e. The number of ether oxygens (including phenoxy) is 2. The quantitative estimate of drug-likeness (QED) is 0.652. The average Bonchev–Trinajstić information content (AvgIpc) is 2.68. The molecule has 0 bridgehead atoms. The maximum atomic E-state index is 12.4. The van der Waals surface area contributed by atoms with Gasteiger partial charge in [0, 0.05) is 5.56 Å². The summed E-state index contributed by atoms with van der Waals surface area (Å²) < 4.78 is 10.6. The fourth-order valence-corrected chi connectivity index (χ4v) is 3.02. The van der Waals surface area contributed by atoms with E-state index in [4.69, 9.17) is 21.1 Å². The maximum absolute atomic E-state index is 12.4. The van der Waals surface area contributed by atoms with Crippen molar-refractivity contribution < 1.29 is 19.1 Å². The summed E-state index contributed by atoms with van der Waals surface area (Å²) in [6.45, 7) is 1.97. The standard InChI is InChI=1S/C21H26ClN3O4/c1-14(16-11-15(28-3)9-10-19(16)29-4)23-20(26)12-25(2)13-21(27)24-18-8-6-5-7-17(18)22/h5-11,14H,12-13H2,1-4H3,(H,23,26)(H,24,27)/t14-/m1/s1. The number of para-hydroxylation sites is 1.